The third-order valence-corrected chi connectivity index (χ3v) is 5.62. The predicted molar refractivity (Wildman–Crippen MR) is 101 cm³/mol. The van der Waals surface area contributed by atoms with Crippen molar-refractivity contribution in [1.82, 2.24) is 10.3 Å². The monoisotopic (exact) mass is 344 g/mol. The number of hydrogen-bond acceptors (Lipinski definition) is 4. The van der Waals surface area contributed by atoms with Gasteiger partial charge >= 0.3 is 0 Å². The molecule has 1 fully saturated rings. The summed E-state index contributed by atoms with van der Waals surface area (Å²) in [6.07, 6.45) is 9.77. The van der Waals surface area contributed by atoms with Gasteiger partial charge in [0, 0.05) is 30.6 Å². The maximum Gasteiger partial charge on any atom is 0.119 e. The average molecular weight is 345 g/mol. The Hall–Kier alpha value is -1.39. The van der Waals surface area contributed by atoms with E-state index in [1.165, 1.54) is 47.6 Å². The van der Waals surface area contributed by atoms with E-state index in [1.807, 2.05) is 6.20 Å². The molecule has 1 N–H and O–H groups in total. The topological polar surface area (TPSA) is 34.2 Å². The zero-order chi connectivity index (χ0) is 16.6. The zero-order valence-electron chi connectivity index (χ0n) is 14.6. The van der Waals surface area contributed by atoms with E-state index in [4.69, 9.17) is 4.74 Å². The number of aromatic nitrogens is 1. The molecule has 1 heterocycles. The second kappa shape index (κ2) is 9.19. The summed E-state index contributed by atoms with van der Waals surface area (Å²) in [5.74, 6) is 1.76. The number of thiazole rings is 1. The zero-order valence-corrected chi connectivity index (χ0v) is 15.4. The molecule has 130 valence electrons. The summed E-state index contributed by atoms with van der Waals surface area (Å²) in [7, 11) is 0. The van der Waals surface area contributed by atoms with Gasteiger partial charge in [-0.3, -0.25) is 0 Å². The minimum absolute atomic E-state index is 0.759. The Morgan fingerprint density at radius 1 is 1.17 bits per heavy atom. The van der Waals surface area contributed by atoms with Crippen molar-refractivity contribution in [3.05, 3.63) is 45.9 Å². The van der Waals surface area contributed by atoms with E-state index in [0.29, 0.717) is 0 Å². The molecule has 1 aliphatic carbocycles. The van der Waals surface area contributed by atoms with Gasteiger partial charge in [-0.25, -0.2) is 4.98 Å². The van der Waals surface area contributed by atoms with Gasteiger partial charge in [0.05, 0.1) is 11.6 Å². The van der Waals surface area contributed by atoms with Crippen LogP contribution in [0.1, 0.15) is 47.6 Å². The molecule has 1 aliphatic rings. The Morgan fingerprint density at radius 2 is 1.96 bits per heavy atom. The van der Waals surface area contributed by atoms with E-state index in [0.717, 1.165) is 37.8 Å². The van der Waals surface area contributed by atoms with Crippen LogP contribution in [-0.2, 0) is 13.0 Å². The molecule has 3 rings (SSSR count). The van der Waals surface area contributed by atoms with Gasteiger partial charge in [-0.05, 0) is 43.4 Å². The molecule has 0 saturated heterocycles. The van der Waals surface area contributed by atoms with Crippen LogP contribution in [0.2, 0.25) is 0 Å². The van der Waals surface area contributed by atoms with Crippen molar-refractivity contribution in [1.29, 1.82) is 0 Å². The first-order valence-electron chi connectivity index (χ1n) is 9.13. The third kappa shape index (κ3) is 5.60. The number of rotatable bonds is 8. The number of nitrogens with one attached hydrogen (secondary N) is 1. The van der Waals surface area contributed by atoms with E-state index < -0.39 is 0 Å². The van der Waals surface area contributed by atoms with E-state index in [2.05, 4.69) is 41.5 Å². The maximum atomic E-state index is 5.96. The van der Waals surface area contributed by atoms with Crippen LogP contribution in [0.4, 0.5) is 0 Å². The normalized spacial score (nSPS) is 15.5. The van der Waals surface area contributed by atoms with Crippen LogP contribution < -0.4 is 10.1 Å². The van der Waals surface area contributed by atoms with E-state index >= 15 is 0 Å². The van der Waals surface area contributed by atoms with E-state index in [-0.39, 0.29) is 0 Å². The fourth-order valence-corrected chi connectivity index (χ4v) is 4.00. The summed E-state index contributed by atoms with van der Waals surface area (Å²) >= 11 is 1.79. The molecule has 4 heteroatoms. The average Bonchev–Trinajstić information content (AvgIpc) is 3.04. The minimum Gasteiger partial charge on any atom is -0.493 e. The van der Waals surface area contributed by atoms with Gasteiger partial charge in [-0.1, -0.05) is 31.4 Å². The summed E-state index contributed by atoms with van der Waals surface area (Å²) in [6.45, 7) is 4.84. The summed E-state index contributed by atoms with van der Waals surface area (Å²) in [5, 5.41) is 4.70. The van der Waals surface area contributed by atoms with E-state index in [1.54, 1.807) is 11.3 Å². The summed E-state index contributed by atoms with van der Waals surface area (Å²) in [4.78, 5) is 5.68. The number of benzene rings is 1. The SMILES string of the molecule is Cc1cnc(CCNCc2ccc(OCC3CCCCC3)cc2)s1. The second-order valence-corrected chi connectivity index (χ2v) is 8.07. The molecule has 0 spiro atoms. The highest BCUT2D eigenvalue weighted by molar-refractivity contribution is 7.11. The fraction of sp³-hybridized carbons (Fsp3) is 0.550. The first-order valence-corrected chi connectivity index (χ1v) is 9.95. The van der Waals surface area contributed by atoms with Crippen molar-refractivity contribution in [3.8, 4) is 5.75 Å². The molecular formula is C20H28N2OS. The molecule has 1 saturated carbocycles. The predicted octanol–water partition coefficient (Wildman–Crippen LogP) is 4.74. The largest absolute Gasteiger partial charge is 0.493 e. The van der Waals surface area contributed by atoms with Gasteiger partial charge in [0.2, 0.25) is 0 Å². The number of aryl methyl sites for hydroxylation is 1. The molecule has 1 aromatic heterocycles. The fourth-order valence-electron chi connectivity index (χ4n) is 3.22. The molecule has 0 bridgehead atoms. The summed E-state index contributed by atoms with van der Waals surface area (Å²) in [6, 6.07) is 8.53. The van der Waals surface area contributed by atoms with Crippen molar-refractivity contribution < 1.29 is 4.74 Å². The maximum absolute atomic E-state index is 5.96. The highest BCUT2D eigenvalue weighted by Gasteiger charge is 2.13. The van der Waals surface area contributed by atoms with Crippen LogP contribution >= 0.6 is 11.3 Å². The number of hydrogen-bond donors (Lipinski definition) is 1. The third-order valence-electron chi connectivity index (χ3n) is 4.65. The van der Waals surface area contributed by atoms with Crippen LogP contribution in [0.3, 0.4) is 0 Å². The van der Waals surface area contributed by atoms with Crippen molar-refractivity contribution in [2.45, 2.75) is 52.0 Å². The van der Waals surface area contributed by atoms with Gasteiger partial charge in [0.1, 0.15) is 5.75 Å². The van der Waals surface area contributed by atoms with Crippen molar-refractivity contribution in [2.75, 3.05) is 13.2 Å². The molecule has 0 aliphatic heterocycles. The smallest absolute Gasteiger partial charge is 0.119 e. The highest BCUT2D eigenvalue weighted by atomic mass is 32.1. The first-order chi connectivity index (χ1) is 11.8. The quantitative estimate of drug-likeness (QED) is 0.702. The van der Waals surface area contributed by atoms with Gasteiger partial charge < -0.3 is 10.1 Å². The number of ether oxygens (including phenoxy) is 1. The van der Waals surface area contributed by atoms with Crippen molar-refractivity contribution in [2.24, 2.45) is 5.92 Å². The van der Waals surface area contributed by atoms with Crippen molar-refractivity contribution in [3.63, 3.8) is 0 Å². The lowest BCUT2D eigenvalue weighted by atomic mass is 9.90. The van der Waals surface area contributed by atoms with Crippen LogP contribution in [0.5, 0.6) is 5.75 Å². The first kappa shape index (κ1) is 17.4. The summed E-state index contributed by atoms with van der Waals surface area (Å²) in [5.41, 5.74) is 1.30. The van der Waals surface area contributed by atoms with Crippen molar-refractivity contribution >= 4 is 11.3 Å². The van der Waals surface area contributed by atoms with Gasteiger partial charge in [0.15, 0.2) is 0 Å². The summed E-state index contributed by atoms with van der Waals surface area (Å²) < 4.78 is 5.96. The van der Waals surface area contributed by atoms with Gasteiger partial charge in [-0.2, -0.15) is 0 Å². The molecular weight excluding hydrogens is 316 g/mol. The lowest BCUT2D eigenvalue weighted by Gasteiger charge is -2.21. The Morgan fingerprint density at radius 3 is 2.67 bits per heavy atom. The molecule has 24 heavy (non-hydrogen) atoms. The molecule has 3 nitrogen and oxygen atoms in total. The second-order valence-electron chi connectivity index (χ2n) is 6.75. The van der Waals surface area contributed by atoms with Crippen LogP contribution in [0.25, 0.3) is 0 Å². The molecule has 0 amide bonds. The molecule has 0 unspecified atom stereocenters. The lowest BCUT2D eigenvalue weighted by molar-refractivity contribution is 0.209. The standard InChI is InChI=1S/C20H28N2OS/c1-16-13-22-20(24-16)11-12-21-14-17-7-9-19(10-8-17)23-15-18-5-3-2-4-6-18/h7-10,13,18,21H,2-6,11-12,14-15H2,1H3. The Labute approximate surface area is 149 Å². The molecule has 0 radical (unpaired) electrons. The number of nitrogens with zero attached hydrogens (tertiary/aromatic N) is 1. The Kier molecular flexibility index (Phi) is 6.67. The van der Waals surface area contributed by atoms with Crippen LogP contribution in [-0.4, -0.2) is 18.1 Å². The van der Waals surface area contributed by atoms with Crippen LogP contribution in [0.15, 0.2) is 30.5 Å². The van der Waals surface area contributed by atoms with Gasteiger partial charge in [0.25, 0.3) is 0 Å². The Balaban J connectivity index is 1.34. The lowest BCUT2D eigenvalue weighted by Crippen LogP contribution is -2.17. The molecule has 0 atom stereocenters. The minimum atomic E-state index is 0.759. The molecule has 2 aromatic rings. The highest BCUT2D eigenvalue weighted by Crippen LogP contribution is 2.24. The Bertz CT molecular complexity index is 602. The van der Waals surface area contributed by atoms with E-state index in [9.17, 15) is 0 Å². The molecule has 1 aromatic carbocycles. The van der Waals surface area contributed by atoms with Gasteiger partial charge in [-0.15, -0.1) is 11.3 Å². The van der Waals surface area contributed by atoms with Crippen LogP contribution in [0, 0.1) is 12.8 Å².